The van der Waals surface area contributed by atoms with Gasteiger partial charge in [0, 0.05) is 43.0 Å². The average molecular weight is 378 g/mol. The summed E-state index contributed by atoms with van der Waals surface area (Å²) in [6.07, 6.45) is 1.55. The van der Waals surface area contributed by atoms with Crippen molar-refractivity contribution in [3.63, 3.8) is 0 Å². The molecule has 3 aromatic rings. The van der Waals surface area contributed by atoms with Crippen LogP contribution in [0.1, 0.15) is 28.7 Å². The van der Waals surface area contributed by atoms with Crippen molar-refractivity contribution in [2.45, 2.75) is 33.4 Å². The number of rotatable bonds is 6. The van der Waals surface area contributed by atoms with E-state index in [2.05, 4.69) is 20.4 Å². The van der Waals surface area contributed by atoms with Crippen LogP contribution in [0.5, 0.6) is 0 Å². The van der Waals surface area contributed by atoms with E-state index in [0.717, 1.165) is 28.5 Å². The van der Waals surface area contributed by atoms with Crippen LogP contribution in [0.25, 0.3) is 11.3 Å². The summed E-state index contributed by atoms with van der Waals surface area (Å²) in [5.41, 5.74) is 4.45. The van der Waals surface area contributed by atoms with Crippen molar-refractivity contribution >= 4 is 11.7 Å². The van der Waals surface area contributed by atoms with Gasteiger partial charge in [0.15, 0.2) is 0 Å². The van der Waals surface area contributed by atoms with Gasteiger partial charge in [0.2, 0.25) is 0 Å². The number of benzene rings is 1. The van der Waals surface area contributed by atoms with Crippen molar-refractivity contribution in [3.8, 4) is 11.3 Å². The molecule has 7 nitrogen and oxygen atoms in total. The number of hydrogen-bond acceptors (Lipinski definition) is 5. The Labute approximate surface area is 165 Å². The molecule has 0 bridgehead atoms. The van der Waals surface area contributed by atoms with Gasteiger partial charge in [-0.3, -0.25) is 9.48 Å². The molecule has 0 aliphatic carbocycles. The van der Waals surface area contributed by atoms with Gasteiger partial charge in [-0.1, -0.05) is 12.1 Å². The third kappa shape index (κ3) is 4.54. The third-order valence-electron chi connectivity index (χ3n) is 4.48. The lowest BCUT2D eigenvalue weighted by atomic mass is 10.1. The van der Waals surface area contributed by atoms with Gasteiger partial charge in [-0.15, -0.1) is 0 Å². The fraction of sp³-hybridized carbons (Fsp3) is 0.333. The molecule has 1 atom stereocenters. The van der Waals surface area contributed by atoms with Gasteiger partial charge in [-0.05, 0) is 39.0 Å². The number of amides is 1. The smallest absolute Gasteiger partial charge is 0.251 e. The van der Waals surface area contributed by atoms with Crippen LogP contribution < -0.4 is 10.2 Å². The van der Waals surface area contributed by atoms with E-state index in [1.807, 2.05) is 80.8 Å². The zero-order valence-electron chi connectivity index (χ0n) is 17.0. The number of nitrogens with zero attached hydrogens (tertiary/aromatic N) is 5. The largest absolute Gasteiger partial charge is 0.363 e. The quantitative estimate of drug-likeness (QED) is 0.714. The molecule has 0 saturated heterocycles. The van der Waals surface area contributed by atoms with Gasteiger partial charge >= 0.3 is 0 Å². The minimum Gasteiger partial charge on any atom is -0.363 e. The predicted octanol–water partition coefficient (Wildman–Crippen LogP) is 2.84. The molecule has 0 unspecified atom stereocenters. The fourth-order valence-electron chi connectivity index (χ4n) is 3.01. The molecule has 1 aromatic carbocycles. The first-order valence-electron chi connectivity index (χ1n) is 9.25. The SMILES string of the molecule is Cc1cc(C)n(C[C@H](C)NC(=O)c2ccc(-c3cc(N(C)C)ncn3)cc2)n1. The van der Waals surface area contributed by atoms with Gasteiger partial charge in [-0.25, -0.2) is 9.97 Å². The summed E-state index contributed by atoms with van der Waals surface area (Å²) in [4.78, 5) is 23.0. The fourth-order valence-corrected chi connectivity index (χ4v) is 3.01. The Kier molecular flexibility index (Phi) is 5.73. The number of anilines is 1. The van der Waals surface area contributed by atoms with Crippen molar-refractivity contribution < 1.29 is 4.79 Å². The Morgan fingerprint density at radius 1 is 1.14 bits per heavy atom. The van der Waals surface area contributed by atoms with Crippen molar-refractivity contribution in [1.29, 1.82) is 0 Å². The lowest BCUT2D eigenvalue weighted by Crippen LogP contribution is -2.36. The highest BCUT2D eigenvalue weighted by molar-refractivity contribution is 5.94. The molecule has 1 amide bonds. The Balaban J connectivity index is 1.66. The molecule has 0 saturated carbocycles. The van der Waals surface area contributed by atoms with Gasteiger partial charge in [-0.2, -0.15) is 5.10 Å². The van der Waals surface area contributed by atoms with E-state index in [9.17, 15) is 4.79 Å². The standard InChI is InChI=1S/C21H26N6O/c1-14-10-16(3)27(25-14)12-15(2)24-21(28)18-8-6-17(7-9-18)19-11-20(26(4)5)23-13-22-19/h6-11,13,15H,12H2,1-5H3,(H,24,28)/t15-/m0/s1. The summed E-state index contributed by atoms with van der Waals surface area (Å²) in [6.45, 7) is 6.60. The minimum absolute atomic E-state index is 0.0327. The van der Waals surface area contributed by atoms with Crippen molar-refractivity contribution in [2.24, 2.45) is 0 Å². The average Bonchev–Trinajstić information content (AvgIpc) is 2.98. The van der Waals surface area contributed by atoms with E-state index in [1.54, 1.807) is 6.33 Å². The Morgan fingerprint density at radius 2 is 1.86 bits per heavy atom. The molecular weight excluding hydrogens is 352 g/mol. The summed E-state index contributed by atoms with van der Waals surface area (Å²) in [6, 6.07) is 11.4. The van der Waals surface area contributed by atoms with E-state index in [-0.39, 0.29) is 11.9 Å². The normalized spacial score (nSPS) is 11.9. The summed E-state index contributed by atoms with van der Waals surface area (Å²) in [5.74, 6) is 0.738. The van der Waals surface area contributed by atoms with Gasteiger partial charge in [0.05, 0.1) is 17.9 Å². The predicted molar refractivity (Wildman–Crippen MR) is 110 cm³/mol. The summed E-state index contributed by atoms with van der Waals surface area (Å²) >= 11 is 0. The van der Waals surface area contributed by atoms with Crippen molar-refractivity contribution in [1.82, 2.24) is 25.1 Å². The molecule has 2 heterocycles. The number of aryl methyl sites for hydroxylation is 2. The van der Waals surface area contributed by atoms with Crippen LogP contribution in [-0.4, -0.2) is 45.8 Å². The van der Waals surface area contributed by atoms with E-state index < -0.39 is 0 Å². The molecule has 1 N–H and O–H groups in total. The van der Waals surface area contributed by atoms with Gasteiger partial charge in [0.25, 0.3) is 5.91 Å². The maximum Gasteiger partial charge on any atom is 0.251 e. The highest BCUT2D eigenvalue weighted by Crippen LogP contribution is 2.20. The summed E-state index contributed by atoms with van der Waals surface area (Å²) in [7, 11) is 3.87. The van der Waals surface area contributed by atoms with Crippen LogP contribution in [0.15, 0.2) is 42.7 Å². The number of hydrogen-bond donors (Lipinski definition) is 1. The Morgan fingerprint density at radius 3 is 2.46 bits per heavy atom. The highest BCUT2D eigenvalue weighted by Gasteiger charge is 2.12. The lowest BCUT2D eigenvalue weighted by molar-refractivity contribution is 0.0936. The van der Waals surface area contributed by atoms with Crippen LogP contribution in [0.3, 0.4) is 0 Å². The second-order valence-electron chi connectivity index (χ2n) is 7.22. The minimum atomic E-state index is -0.0998. The number of carbonyl (C=O) groups is 1. The van der Waals surface area contributed by atoms with Gasteiger partial charge < -0.3 is 10.2 Å². The highest BCUT2D eigenvalue weighted by atomic mass is 16.1. The Bertz CT molecular complexity index is 961. The second kappa shape index (κ2) is 8.21. The first-order valence-corrected chi connectivity index (χ1v) is 9.25. The summed E-state index contributed by atoms with van der Waals surface area (Å²) < 4.78 is 1.92. The molecule has 0 fully saturated rings. The first-order chi connectivity index (χ1) is 13.3. The third-order valence-corrected chi connectivity index (χ3v) is 4.48. The first kappa shape index (κ1) is 19.5. The topological polar surface area (TPSA) is 75.9 Å². The van der Waals surface area contributed by atoms with E-state index in [4.69, 9.17) is 0 Å². The molecule has 0 aliphatic heterocycles. The molecule has 7 heteroatoms. The maximum absolute atomic E-state index is 12.6. The van der Waals surface area contributed by atoms with Crippen LogP contribution in [0.4, 0.5) is 5.82 Å². The zero-order valence-corrected chi connectivity index (χ0v) is 17.0. The van der Waals surface area contributed by atoms with Crippen molar-refractivity contribution in [2.75, 3.05) is 19.0 Å². The maximum atomic E-state index is 12.6. The number of carbonyl (C=O) groups excluding carboxylic acids is 1. The molecule has 0 radical (unpaired) electrons. The van der Waals surface area contributed by atoms with Crippen LogP contribution in [-0.2, 0) is 6.54 Å². The molecule has 28 heavy (non-hydrogen) atoms. The van der Waals surface area contributed by atoms with Crippen molar-refractivity contribution in [3.05, 3.63) is 59.7 Å². The number of nitrogens with one attached hydrogen (secondary N) is 1. The van der Waals surface area contributed by atoms with Gasteiger partial charge in [0.1, 0.15) is 12.1 Å². The van der Waals surface area contributed by atoms with E-state index >= 15 is 0 Å². The van der Waals surface area contributed by atoms with E-state index in [0.29, 0.717) is 12.1 Å². The zero-order chi connectivity index (χ0) is 20.3. The van der Waals surface area contributed by atoms with Crippen LogP contribution >= 0.6 is 0 Å². The molecule has 0 spiro atoms. The van der Waals surface area contributed by atoms with Crippen LogP contribution in [0.2, 0.25) is 0 Å². The molecular formula is C21H26N6O. The summed E-state index contributed by atoms with van der Waals surface area (Å²) in [5, 5.41) is 7.48. The molecule has 2 aromatic heterocycles. The Hall–Kier alpha value is -3.22. The number of aromatic nitrogens is 4. The van der Waals surface area contributed by atoms with E-state index in [1.165, 1.54) is 0 Å². The second-order valence-corrected chi connectivity index (χ2v) is 7.22. The molecule has 3 rings (SSSR count). The van der Waals surface area contributed by atoms with Crippen LogP contribution in [0, 0.1) is 13.8 Å². The molecule has 146 valence electrons. The monoisotopic (exact) mass is 378 g/mol. The lowest BCUT2D eigenvalue weighted by Gasteiger charge is -2.15. The molecule has 0 aliphatic rings.